The van der Waals surface area contributed by atoms with Crippen molar-refractivity contribution in [1.82, 2.24) is 14.9 Å². The number of hydrogen-bond acceptors (Lipinski definition) is 5. The molecule has 0 radical (unpaired) electrons. The van der Waals surface area contributed by atoms with Gasteiger partial charge in [0.25, 0.3) is 0 Å². The highest BCUT2D eigenvalue weighted by molar-refractivity contribution is 7.98. The van der Waals surface area contributed by atoms with Crippen LogP contribution >= 0.6 is 11.8 Å². The van der Waals surface area contributed by atoms with E-state index in [2.05, 4.69) is 10.0 Å². The minimum absolute atomic E-state index is 0.278. The number of hydrogen-bond donors (Lipinski definition) is 2. The summed E-state index contributed by atoms with van der Waals surface area (Å²) in [5, 5.41) is 2.82. The average molecular weight is 454 g/mol. The van der Waals surface area contributed by atoms with Crippen LogP contribution in [0.25, 0.3) is 0 Å². The number of rotatable bonds is 11. The molecule has 0 saturated carbocycles. The maximum atomic E-state index is 14.0. The highest BCUT2D eigenvalue weighted by atomic mass is 32.2. The summed E-state index contributed by atoms with van der Waals surface area (Å²) in [6, 6.07) is 11.9. The Bertz CT molecular complexity index is 952. The van der Waals surface area contributed by atoms with E-state index in [1.54, 1.807) is 0 Å². The van der Waals surface area contributed by atoms with E-state index in [-0.39, 0.29) is 6.54 Å². The van der Waals surface area contributed by atoms with Crippen molar-refractivity contribution in [2.24, 2.45) is 0 Å². The third kappa shape index (κ3) is 7.09. The summed E-state index contributed by atoms with van der Waals surface area (Å²) in [6.07, 6.45) is 2.16. The minimum Gasteiger partial charge on any atom is -0.351 e. The molecule has 0 aliphatic carbocycles. The molecule has 0 aliphatic heterocycles. The van der Waals surface area contributed by atoms with E-state index in [9.17, 15) is 17.6 Å². The summed E-state index contributed by atoms with van der Waals surface area (Å²) in [6.45, 7) is 1.00. The quantitative estimate of drug-likeness (QED) is 0.547. The van der Waals surface area contributed by atoms with E-state index >= 15 is 0 Å². The molecule has 9 heteroatoms. The van der Waals surface area contributed by atoms with Gasteiger partial charge in [-0.15, -0.1) is 0 Å². The predicted octanol–water partition coefficient (Wildman–Crippen LogP) is 2.60. The van der Waals surface area contributed by atoms with Gasteiger partial charge in [0.2, 0.25) is 15.9 Å². The molecule has 1 amide bonds. The largest absolute Gasteiger partial charge is 0.351 e. The van der Waals surface area contributed by atoms with Crippen LogP contribution in [0.5, 0.6) is 0 Å². The van der Waals surface area contributed by atoms with E-state index in [4.69, 9.17) is 0 Å². The number of nitrogens with zero attached hydrogens (tertiary/aromatic N) is 1. The molecule has 6 nitrogen and oxygen atoms in total. The molecule has 0 aromatic heterocycles. The van der Waals surface area contributed by atoms with Crippen LogP contribution in [0.1, 0.15) is 17.5 Å². The Morgan fingerprint density at radius 3 is 2.37 bits per heavy atom. The van der Waals surface area contributed by atoms with E-state index in [1.165, 1.54) is 30.0 Å². The zero-order valence-corrected chi connectivity index (χ0v) is 19.0. The normalized spacial score (nSPS) is 12.7. The van der Waals surface area contributed by atoms with Crippen LogP contribution in [0.2, 0.25) is 0 Å². The van der Waals surface area contributed by atoms with Gasteiger partial charge in [0.1, 0.15) is 16.8 Å². The second kappa shape index (κ2) is 11.5. The molecule has 0 saturated heterocycles. The van der Waals surface area contributed by atoms with Crippen LogP contribution in [0, 0.1) is 5.82 Å². The number of carbonyl (C=O) groups excluding carboxylic acids is 1. The van der Waals surface area contributed by atoms with Gasteiger partial charge in [-0.25, -0.2) is 12.8 Å². The third-order valence-electron chi connectivity index (χ3n) is 4.41. The summed E-state index contributed by atoms with van der Waals surface area (Å²) in [5.74, 6) is -0.718. The molecule has 164 valence electrons. The first-order chi connectivity index (χ1) is 14.2. The molecular weight excluding hydrogens is 425 g/mol. The van der Waals surface area contributed by atoms with Gasteiger partial charge < -0.3 is 10.2 Å². The smallest absolute Gasteiger partial charge is 0.244 e. The van der Waals surface area contributed by atoms with Crippen LogP contribution in [0.3, 0.4) is 0 Å². The molecule has 0 fully saturated rings. The lowest BCUT2D eigenvalue weighted by Crippen LogP contribution is -2.47. The highest BCUT2D eigenvalue weighted by Gasteiger charge is 2.27. The molecule has 2 rings (SSSR count). The number of nitrogens with one attached hydrogen (secondary N) is 2. The first-order valence-electron chi connectivity index (χ1n) is 9.49. The summed E-state index contributed by atoms with van der Waals surface area (Å²) >= 11 is 1.50. The van der Waals surface area contributed by atoms with Crippen molar-refractivity contribution >= 4 is 27.7 Å². The molecule has 2 N–H and O–H groups in total. The molecule has 2 aromatic rings. The molecule has 0 bridgehead atoms. The Labute approximate surface area is 182 Å². The third-order valence-corrected chi connectivity index (χ3v) is 6.56. The maximum absolute atomic E-state index is 14.0. The number of sulfonamides is 1. The Morgan fingerprint density at radius 1 is 1.10 bits per heavy atom. The van der Waals surface area contributed by atoms with Crippen molar-refractivity contribution in [2.45, 2.75) is 30.4 Å². The first kappa shape index (κ1) is 24.3. The van der Waals surface area contributed by atoms with Crippen molar-refractivity contribution in [3.63, 3.8) is 0 Å². The van der Waals surface area contributed by atoms with Crippen molar-refractivity contribution in [3.05, 3.63) is 65.5 Å². The van der Waals surface area contributed by atoms with Gasteiger partial charge in [0.15, 0.2) is 0 Å². The van der Waals surface area contributed by atoms with E-state index in [1.807, 2.05) is 49.5 Å². The number of carbonyl (C=O) groups is 1. The Morgan fingerprint density at radius 2 is 1.73 bits per heavy atom. The number of halogens is 1. The van der Waals surface area contributed by atoms with Crippen LogP contribution < -0.4 is 10.0 Å². The van der Waals surface area contributed by atoms with Gasteiger partial charge in [-0.3, -0.25) is 4.79 Å². The van der Waals surface area contributed by atoms with Gasteiger partial charge in [-0.1, -0.05) is 36.4 Å². The fraction of sp³-hybridized carbons (Fsp3) is 0.381. The summed E-state index contributed by atoms with van der Waals surface area (Å²) < 4.78 is 41.6. The summed E-state index contributed by atoms with van der Waals surface area (Å²) in [4.78, 5) is 14.4. The predicted molar refractivity (Wildman–Crippen MR) is 119 cm³/mol. The Hall–Kier alpha value is -1.94. The molecule has 2 aromatic carbocycles. The highest BCUT2D eigenvalue weighted by Crippen LogP contribution is 2.15. The Kier molecular flexibility index (Phi) is 9.29. The second-order valence-electron chi connectivity index (χ2n) is 7.11. The number of amides is 1. The van der Waals surface area contributed by atoms with Crippen molar-refractivity contribution in [3.8, 4) is 0 Å². The lowest BCUT2D eigenvalue weighted by Gasteiger charge is -2.19. The first-order valence-corrected chi connectivity index (χ1v) is 12.4. The van der Waals surface area contributed by atoms with E-state index in [0.717, 1.165) is 23.7 Å². The lowest BCUT2D eigenvalue weighted by atomic mass is 10.1. The van der Waals surface area contributed by atoms with Gasteiger partial charge >= 0.3 is 0 Å². The van der Waals surface area contributed by atoms with Crippen molar-refractivity contribution in [2.75, 3.05) is 26.1 Å². The molecule has 0 aliphatic rings. The Balaban J connectivity index is 2.14. The van der Waals surface area contributed by atoms with Gasteiger partial charge in [0.05, 0.1) is 0 Å². The number of benzene rings is 2. The monoisotopic (exact) mass is 453 g/mol. The van der Waals surface area contributed by atoms with Crippen molar-refractivity contribution < 1.29 is 17.6 Å². The zero-order chi connectivity index (χ0) is 22.1. The summed E-state index contributed by atoms with van der Waals surface area (Å²) in [7, 11) is -0.247. The lowest BCUT2D eigenvalue weighted by molar-refractivity contribution is -0.122. The van der Waals surface area contributed by atoms with Gasteiger partial charge in [0, 0.05) is 13.1 Å². The zero-order valence-electron chi connectivity index (χ0n) is 17.4. The van der Waals surface area contributed by atoms with Crippen LogP contribution in [0.15, 0.2) is 53.4 Å². The average Bonchev–Trinajstić information content (AvgIpc) is 2.70. The molecule has 1 unspecified atom stereocenters. The molecule has 30 heavy (non-hydrogen) atoms. The van der Waals surface area contributed by atoms with E-state index in [0.29, 0.717) is 12.2 Å². The molecule has 1 atom stereocenters. The molecule has 0 spiro atoms. The van der Waals surface area contributed by atoms with Crippen molar-refractivity contribution in [1.29, 1.82) is 0 Å². The molecule has 0 heterocycles. The fourth-order valence-electron chi connectivity index (χ4n) is 2.92. The van der Waals surface area contributed by atoms with Gasteiger partial charge in [-0.05, 0) is 55.8 Å². The standard InChI is InChI=1S/C21H28FN3O3S2/c1-25(2)15-17-9-5-4-8-16(17)14-23-21(26)19(12-13-29-3)24-30(27,28)20-11-7-6-10-18(20)22/h4-11,19,24H,12-15H2,1-3H3,(H,23,26). The van der Waals surface area contributed by atoms with Crippen LogP contribution in [-0.2, 0) is 27.9 Å². The van der Waals surface area contributed by atoms with Gasteiger partial charge in [-0.2, -0.15) is 16.5 Å². The van der Waals surface area contributed by atoms with E-state index < -0.39 is 32.7 Å². The SMILES string of the molecule is CSCCC(NS(=O)(=O)c1ccccc1F)C(=O)NCc1ccccc1CN(C)C. The minimum atomic E-state index is -4.17. The fourth-order valence-corrected chi connectivity index (χ4v) is 4.70. The maximum Gasteiger partial charge on any atom is 0.244 e. The van der Waals surface area contributed by atoms with Crippen LogP contribution in [-0.4, -0.2) is 51.4 Å². The second-order valence-corrected chi connectivity index (χ2v) is 9.78. The topological polar surface area (TPSA) is 78.5 Å². The van der Waals surface area contributed by atoms with Crippen LogP contribution in [0.4, 0.5) is 4.39 Å². The number of thioether (sulfide) groups is 1. The summed E-state index contributed by atoms with van der Waals surface area (Å²) in [5.41, 5.74) is 2.04. The molecular formula is C21H28FN3O3S2.